The number of hydrogen-bond acceptors (Lipinski definition) is 4. The van der Waals surface area contributed by atoms with E-state index in [4.69, 9.17) is 9.76 Å². The highest BCUT2D eigenvalue weighted by Gasteiger charge is 2.39. The minimum absolute atomic E-state index is 0.0330. The Kier molecular flexibility index (Phi) is 3.68. The molecule has 2 aliphatic rings. The van der Waals surface area contributed by atoms with Gasteiger partial charge in [-0.05, 0) is 25.7 Å². The van der Waals surface area contributed by atoms with Crippen molar-refractivity contribution in [1.29, 1.82) is 0 Å². The van der Waals surface area contributed by atoms with E-state index in [1.54, 1.807) is 0 Å². The molecule has 0 radical (unpaired) electrons. The second-order valence-electron chi connectivity index (χ2n) is 4.71. The zero-order valence-electron chi connectivity index (χ0n) is 9.46. The maximum Gasteiger partial charge on any atom is 0.478 e. The standard InChI is InChI=1S/C10H16BNO5/c13-9(14)5-7-3-4-8(11(16)17-7)12-10(15)6-1-2-6/h6-8,16H,1-5H2,(H,12,15)(H,13,14)/t7?,8-/m0/s1. The maximum atomic E-state index is 11.5. The molecule has 1 saturated heterocycles. The summed E-state index contributed by atoms with van der Waals surface area (Å²) in [5, 5.41) is 21.0. The lowest BCUT2D eigenvalue weighted by Crippen LogP contribution is -2.53. The van der Waals surface area contributed by atoms with Crippen molar-refractivity contribution in [2.45, 2.75) is 44.1 Å². The lowest BCUT2D eigenvalue weighted by Gasteiger charge is -2.30. The normalized spacial score (nSPS) is 28.9. The first kappa shape index (κ1) is 12.4. The van der Waals surface area contributed by atoms with Crippen LogP contribution in [0, 0.1) is 5.92 Å². The number of nitrogens with one attached hydrogen (secondary N) is 1. The van der Waals surface area contributed by atoms with E-state index in [-0.39, 0.29) is 18.2 Å². The van der Waals surface area contributed by atoms with Crippen LogP contribution in [0.1, 0.15) is 32.1 Å². The summed E-state index contributed by atoms with van der Waals surface area (Å²) in [4.78, 5) is 22.0. The van der Waals surface area contributed by atoms with Gasteiger partial charge in [-0.15, -0.1) is 0 Å². The molecule has 0 aromatic heterocycles. The van der Waals surface area contributed by atoms with Crippen LogP contribution < -0.4 is 5.32 Å². The highest BCUT2D eigenvalue weighted by atomic mass is 16.5. The highest BCUT2D eigenvalue weighted by Crippen LogP contribution is 2.29. The Bertz CT molecular complexity index is 320. The first-order chi connectivity index (χ1) is 8.06. The predicted molar refractivity (Wildman–Crippen MR) is 59.0 cm³/mol. The second-order valence-corrected chi connectivity index (χ2v) is 4.71. The van der Waals surface area contributed by atoms with Crippen molar-refractivity contribution >= 4 is 19.0 Å². The number of carbonyl (C=O) groups is 2. The largest absolute Gasteiger partial charge is 0.481 e. The minimum Gasteiger partial charge on any atom is -0.481 e. The number of carboxylic acid groups (broad SMARTS) is 1. The van der Waals surface area contributed by atoms with Crippen molar-refractivity contribution in [3.8, 4) is 0 Å². The molecule has 2 rings (SSSR count). The van der Waals surface area contributed by atoms with Crippen molar-refractivity contribution < 1.29 is 24.4 Å². The van der Waals surface area contributed by atoms with Crippen LogP contribution in [0.2, 0.25) is 0 Å². The van der Waals surface area contributed by atoms with Crippen molar-refractivity contribution in [3.05, 3.63) is 0 Å². The van der Waals surface area contributed by atoms with Crippen molar-refractivity contribution in [2.24, 2.45) is 5.92 Å². The summed E-state index contributed by atoms with van der Waals surface area (Å²) >= 11 is 0. The highest BCUT2D eigenvalue weighted by molar-refractivity contribution is 6.45. The van der Waals surface area contributed by atoms with Crippen LogP contribution >= 0.6 is 0 Å². The fourth-order valence-electron chi connectivity index (χ4n) is 2.00. The molecule has 1 heterocycles. The van der Waals surface area contributed by atoms with Gasteiger partial charge in [0.15, 0.2) is 0 Å². The van der Waals surface area contributed by atoms with Gasteiger partial charge in [0.1, 0.15) is 0 Å². The zero-order chi connectivity index (χ0) is 12.4. The third-order valence-electron chi connectivity index (χ3n) is 3.15. The quantitative estimate of drug-likeness (QED) is 0.579. The lowest BCUT2D eigenvalue weighted by molar-refractivity contribution is -0.139. The second kappa shape index (κ2) is 5.06. The molecule has 0 spiro atoms. The first-order valence-corrected chi connectivity index (χ1v) is 5.92. The Labute approximate surface area is 99.5 Å². The van der Waals surface area contributed by atoms with Crippen molar-refractivity contribution in [1.82, 2.24) is 5.32 Å². The van der Waals surface area contributed by atoms with Gasteiger partial charge >= 0.3 is 13.1 Å². The summed E-state index contributed by atoms with van der Waals surface area (Å²) in [5.74, 6) is -1.29. The minimum atomic E-state index is -1.10. The number of carbonyl (C=O) groups excluding carboxylic acids is 1. The van der Waals surface area contributed by atoms with Gasteiger partial charge in [-0.25, -0.2) is 0 Å². The van der Waals surface area contributed by atoms with Crippen LogP contribution in [0.15, 0.2) is 0 Å². The van der Waals surface area contributed by atoms with Gasteiger partial charge in [0.05, 0.1) is 18.5 Å². The molecule has 1 saturated carbocycles. The Hall–Kier alpha value is -1.08. The van der Waals surface area contributed by atoms with E-state index in [1.807, 2.05) is 0 Å². The van der Waals surface area contributed by atoms with E-state index >= 15 is 0 Å². The smallest absolute Gasteiger partial charge is 0.478 e. The molecule has 1 unspecified atom stereocenters. The Morgan fingerprint density at radius 3 is 2.53 bits per heavy atom. The van der Waals surface area contributed by atoms with Gasteiger partial charge in [0.25, 0.3) is 0 Å². The lowest BCUT2D eigenvalue weighted by atomic mass is 9.72. The van der Waals surface area contributed by atoms with E-state index in [1.165, 1.54) is 0 Å². The molecule has 1 aliphatic carbocycles. The van der Waals surface area contributed by atoms with Crippen LogP contribution in [-0.4, -0.2) is 41.2 Å². The molecule has 0 bridgehead atoms. The fraction of sp³-hybridized carbons (Fsp3) is 0.800. The molecule has 1 amide bonds. The Morgan fingerprint density at radius 2 is 2.00 bits per heavy atom. The van der Waals surface area contributed by atoms with Gasteiger partial charge in [-0.1, -0.05) is 0 Å². The topological polar surface area (TPSA) is 95.9 Å². The van der Waals surface area contributed by atoms with E-state index in [9.17, 15) is 14.6 Å². The molecule has 2 atom stereocenters. The van der Waals surface area contributed by atoms with E-state index in [0.717, 1.165) is 12.8 Å². The molecule has 1 aliphatic heterocycles. The van der Waals surface area contributed by atoms with Crippen LogP contribution in [-0.2, 0) is 14.2 Å². The van der Waals surface area contributed by atoms with Crippen molar-refractivity contribution in [2.75, 3.05) is 0 Å². The monoisotopic (exact) mass is 241 g/mol. The summed E-state index contributed by atoms with van der Waals surface area (Å²) in [6.45, 7) is 0. The van der Waals surface area contributed by atoms with E-state index in [0.29, 0.717) is 12.8 Å². The molecule has 7 heteroatoms. The summed E-state index contributed by atoms with van der Waals surface area (Å²) in [6.07, 6.45) is 2.35. The predicted octanol–water partition coefficient (Wildman–Crippen LogP) is -0.445. The van der Waals surface area contributed by atoms with Crippen LogP contribution in [0.5, 0.6) is 0 Å². The third kappa shape index (κ3) is 3.44. The summed E-state index contributed by atoms with van der Waals surface area (Å²) in [7, 11) is -1.10. The molecule has 0 aromatic rings. The van der Waals surface area contributed by atoms with Gasteiger partial charge in [-0.3, -0.25) is 9.59 Å². The maximum absolute atomic E-state index is 11.5. The first-order valence-electron chi connectivity index (χ1n) is 5.92. The van der Waals surface area contributed by atoms with E-state index < -0.39 is 25.1 Å². The molecule has 0 aromatic carbocycles. The number of rotatable bonds is 4. The third-order valence-corrected chi connectivity index (χ3v) is 3.15. The Morgan fingerprint density at radius 1 is 1.29 bits per heavy atom. The molecular formula is C10H16BNO5. The number of carboxylic acids is 1. The van der Waals surface area contributed by atoms with Crippen LogP contribution in [0.25, 0.3) is 0 Å². The summed E-state index contributed by atoms with van der Waals surface area (Å²) in [5.41, 5.74) is 0. The molecule has 94 valence electrons. The molecular weight excluding hydrogens is 225 g/mol. The van der Waals surface area contributed by atoms with Crippen LogP contribution in [0.4, 0.5) is 0 Å². The average molecular weight is 241 g/mol. The number of hydrogen-bond donors (Lipinski definition) is 3. The SMILES string of the molecule is O=C(O)CC1CC[C@H](NC(=O)C2CC2)B(O)O1. The summed E-state index contributed by atoms with van der Waals surface area (Å²) in [6, 6.07) is 0. The van der Waals surface area contributed by atoms with Crippen molar-refractivity contribution in [3.63, 3.8) is 0 Å². The fourth-order valence-corrected chi connectivity index (χ4v) is 2.00. The molecule has 6 nitrogen and oxygen atoms in total. The van der Waals surface area contributed by atoms with Gasteiger partial charge in [0.2, 0.25) is 5.91 Å². The van der Waals surface area contributed by atoms with Gasteiger partial charge in [-0.2, -0.15) is 0 Å². The molecule has 17 heavy (non-hydrogen) atoms. The van der Waals surface area contributed by atoms with Crippen LogP contribution in [0.3, 0.4) is 0 Å². The molecule has 3 N–H and O–H groups in total. The number of aliphatic carboxylic acids is 1. The average Bonchev–Trinajstić information content (AvgIpc) is 3.04. The van der Waals surface area contributed by atoms with Gasteiger partial charge < -0.3 is 20.1 Å². The molecule has 2 fully saturated rings. The number of amides is 1. The zero-order valence-corrected chi connectivity index (χ0v) is 9.46. The van der Waals surface area contributed by atoms with Gasteiger partial charge in [0, 0.05) is 5.92 Å². The van der Waals surface area contributed by atoms with E-state index in [2.05, 4.69) is 5.32 Å². The Balaban J connectivity index is 1.78. The summed E-state index contributed by atoms with van der Waals surface area (Å²) < 4.78 is 5.17.